The number of ether oxygens (including phenoxy) is 1. The van der Waals surface area contributed by atoms with E-state index in [1.54, 1.807) is 23.4 Å². The molecular formula is C28H30N2O4S. The lowest BCUT2D eigenvalue weighted by atomic mass is 9.84. The van der Waals surface area contributed by atoms with Crippen molar-refractivity contribution in [1.29, 1.82) is 0 Å². The fraction of sp³-hybridized carbons (Fsp3) is 0.321. The molecule has 0 bridgehead atoms. The highest BCUT2D eigenvalue weighted by Gasteiger charge is 2.47. The Hall–Kier alpha value is -3.45. The first-order chi connectivity index (χ1) is 16.6. The third-order valence-electron chi connectivity index (χ3n) is 6.15. The molecule has 1 aliphatic rings. The first kappa shape index (κ1) is 24.7. The highest BCUT2D eigenvalue weighted by molar-refractivity contribution is 7.10. The van der Waals surface area contributed by atoms with Gasteiger partial charge >= 0.3 is 0 Å². The van der Waals surface area contributed by atoms with Gasteiger partial charge in [-0.05, 0) is 72.2 Å². The summed E-state index contributed by atoms with van der Waals surface area (Å²) in [6.45, 7) is 10.8. The Balaban J connectivity index is 1.88. The number of thiophene rings is 1. The number of carbonyl (C=O) groups excluding carboxylic acids is 2. The summed E-state index contributed by atoms with van der Waals surface area (Å²) >= 11 is 1.47. The molecular weight excluding hydrogens is 460 g/mol. The number of amides is 1. The number of hydrogen-bond donors (Lipinski definition) is 1. The van der Waals surface area contributed by atoms with Gasteiger partial charge in [-0.1, -0.05) is 20.8 Å². The van der Waals surface area contributed by atoms with Crippen molar-refractivity contribution in [3.05, 3.63) is 86.9 Å². The molecule has 0 aliphatic carbocycles. The molecule has 1 atom stereocenters. The predicted molar refractivity (Wildman–Crippen MR) is 137 cm³/mol. The van der Waals surface area contributed by atoms with Gasteiger partial charge in [0.05, 0.1) is 12.2 Å². The maximum atomic E-state index is 13.3. The van der Waals surface area contributed by atoms with Crippen LogP contribution in [0.4, 0.5) is 0 Å². The van der Waals surface area contributed by atoms with Crippen LogP contribution in [0, 0.1) is 6.92 Å². The lowest BCUT2D eigenvalue weighted by molar-refractivity contribution is -0.140. The number of aliphatic hydroxyl groups is 1. The van der Waals surface area contributed by atoms with E-state index in [1.807, 2.05) is 49.6 Å². The number of carbonyl (C=O) groups is 2. The van der Waals surface area contributed by atoms with Gasteiger partial charge in [-0.15, -0.1) is 11.3 Å². The zero-order valence-corrected chi connectivity index (χ0v) is 21.5. The Morgan fingerprint density at radius 1 is 1.14 bits per heavy atom. The van der Waals surface area contributed by atoms with E-state index in [9.17, 15) is 14.7 Å². The molecule has 1 saturated heterocycles. The number of nitrogens with zero attached hydrogens (tertiary/aromatic N) is 2. The minimum atomic E-state index is -0.680. The van der Waals surface area contributed by atoms with Gasteiger partial charge in [-0.2, -0.15) is 0 Å². The van der Waals surface area contributed by atoms with E-state index in [2.05, 4.69) is 25.8 Å². The Labute approximate surface area is 209 Å². The number of pyridine rings is 1. The molecule has 1 N–H and O–H groups in total. The van der Waals surface area contributed by atoms with Crippen molar-refractivity contribution in [2.75, 3.05) is 6.61 Å². The fourth-order valence-corrected chi connectivity index (χ4v) is 5.41. The smallest absolute Gasteiger partial charge is 0.295 e. The molecule has 0 radical (unpaired) electrons. The van der Waals surface area contributed by atoms with Gasteiger partial charge < -0.3 is 14.7 Å². The van der Waals surface area contributed by atoms with E-state index < -0.39 is 17.7 Å². The standard InChI is InChI=1S/C28H30N2O4S/c1-6-34-21-8-7-19(15-20(21)28(3,4)5)24(31)22-23(26-17(2)11-14-35-26)30(27(33)25(22)32)16-18-9-12-29-13-10-18/h7-15,23,31H,6,16H2,1-5H3/b24-22-. The molecule has 1 fully saturated rings. The van der Waals surface area contributed by atoms with Gasteiger partial charge in [-0.25, -0.2) is 0 Å². The third-order valence-corrected chi connectivity index (χ3v) is 7.22. The number of Topliss-reactive ketones (excluding diaryl/α,β-unsaturated/α-hetero) is 1. The SMILES string of the molecule is CCOc1ccc(/C(O)=C2/C(=O)C(=O)N(Cc3ccncc3)C2c2sccc2C)cc1C(C)(C)C. The fourth-order valence-electron chi connectivity index (χ4n) is 4.37. The quantitative estimate of drug-likeness (QED) is 0.270. The first-order valence-corrected chi connectivity index (χ1v) is 12.5. The van der Waals surface area contributed by atoms with Crippen LogP contribution in [0.1, 0.15) is 60.9 Å². The molecule has 35 heavy (non-hydrogen) atoms. The molecule has 4 rings (SSSR count). The van der Waals surface area contributed by atoms with Crippen LogP contribution in [0.3, 0.4) is 0 Å². The molecule has 2 aromatic heterocycles. The third kappa shape index (κ3) is 4.73. The Bertz CT molecular complexity index is 1290. The second-order valence-electron chi connectivity index (χ2n) is 9.64. The maximum Gasteiger partial charge on any atom is 0.295 e. The number of aliphatic hydroxyl groups excluding tert-OH is 1. The second-order valence-corrected chi connectivity index (χ2v) is 10.6. The van der Waals surface area contributed by atoms with Crippen LogP contribution < -0.4 is 4.74 Å². The normalized spacial score (nSPS) is 17.7. The van der Waals surface area contributed by atoms with Crippen molar-refractivity contribution in [2.45, 2.75) is 52.6 Å². The first-order valence-electron chi connectivity index (χ1n) is 11.6. The number of benzene rings is 1. The maximum absolute atomic E-state index is 13.3. The van der Waals surface area contributed by atoms with Crippen LogP contribution in [0.2, 0.25) is 0 Å². The topological polar surface area (TPSA) is 79.7 Å². The van der Waals surface area contributed by atoms with Crippen molar-refractivity contribution in [3.8, 4) is 5.75 Å². The Morgan fingerprint density at radius 3 is 2.46 bits per heavy atom. The highest BCUT2D eigenvalue weighted by atomic mass is 32.1. The van der Waals surface area contributed by atoms with Crippen LogP contribution in [-0.4, -0.2) is 33.3 Å². The summed E-state index contributed by atoms with van der Waals surface area (Å²) in [4.78, 5) is 33.0. The highest BCUT2D eigenvalue weighted by Crippen LogP contribution is 2.44. The Kier molecular flexibility index (Phi) is 6.81. The molecule has 1 aliphatic heterocycles. The van der Waals surface area contributed by atoms with Crippen LogP contribution in [0.25, 0.3) is 5.76 Å². The van der Waals surface area contributed by atoms with Crippen LogP contribution in [0.5, 0.6) is 5.75 Å². The molecule has 7 heteroatoms. The largest absolute Gasteiger partial charge is 0.507 e. The summed E-state index contributed by atoms with van der Waals surface area (Å²) in [5, 5.41) is 13.4. The average molecular weight is 491 g/mol. The summed E-state index contributed by atoms with van der Waals surface area (Å²) < 4.78 is 5.81. The molecule has 3 aromatic rings. The molecule has 3 heterocycles. The van der Waals surface area contributed by atoms with Crippen LogP contribution in [-0.2, 0) is 21.5 Å². The minimum absolute atomic E-state index is 0.110. The Morgan fingerprint density at radius 2 is 1.86 bits per heavy atom. The van der Waals surface area contributed by atoms with E-state index in [0.717, 1.165) is 27.3 Å². The summed E-state index contributed by atoms with van der Waals surface area (Å²) in [7, 11) is 0. The summed E-state index contributed by atoms with van der Waals surface area (Å²) in [6.07, 6.45) is 3.32. The summed E-state index contributed by atoms with van der Waals surface area (Å²) in [6, 6.07) is 10.3. The number of aryl methyl sites for hydroxylation is 1. The molecule has 1 aromatic carbocycles. The van der Waals surface area contributed by atoms with E-state index in [0.29, 0.717) is 12.2 Å². The van der Waals surface area contributed by atoms with Gasteiger partial charge in [0.2, 0.25) is 0 Å². The van der Waals surface area contributed by atoms with Gasteiger partial charge in [0.15, 0.2) is 0 Å². The number of ketones is 1. The van der Waals surface area contributed by atoms with Crippen molar-refractivity contribution >= 4 is 28.8 Å². The molecule has 1 unspecified atom stereocenters. The molecule has 182 valence electrons. The predicted octanol–water partition coefficient (Wildman–Crippen LogP) is 5.77. The zero-order valence-electron chi connectivity index (χ0n) is 20.7. The van der Waals surface area contributed by atoms with Crippen molar-refractivity contribution in [1.82, 2.24) is 9.88 Å². The van der Waals surface area contributed by atoms with Crippen LogP contribution >= 0.6 is 11.3 Å². The van der Waals surface area contributed by atoms with Gasteiger partial charge in [0.25, 0.3) is 11.7 Å². The number of hydrogen-bond acceptors (Lipinski definition) is 6. The molecule has 0 saturated carbocycles. The van der Waals surface area contributed by atoms with Gasteiger partial charge in [0.1, 0.15) is 17.6 Å². The van der Waals surface area contributed by atoms with Crippen molar-refractivity contribution in [2.24, 2.45) is 0 Å². The zero-order chi connectivity index (χ0) is 25.3. The van der Waals surface area contributed by atoms with E-state index >= 15 is 0 Å². The monoisotopic (exact) mass is 490 g/mol. The minimum Gasteiger partial charge on any atom is -0.507 e. The molecule has 1 amide bonds. The number of likely N-dealkylation sites (tertiary alicyclic amines) is 1. The van der Waals surface area contributed by atoms with Gasteiger partial charge in [0, 0.05) is 34.9 Å². The summed E-state index contributed by atoms with van der Waals surface area (Å²) in [5.74, 6) is -0.740. The van der Waals surface area contributed by atoms with E-state index in [4.69, 9.17) is 4.74 Å². The van der Waals surface area contributed by atoms with E-state index in [-0.39, 0.29) is 23.3 Å². The lowest BCUT2D eigenvalue weighted by Crippen LogP contribution is -2.29. The van der Waals surface area contributed by atoms with E-state index in [1.165, 1.54) is 11.3 Å². The lowest BCUT2D eigenvalue weighted by Gasteiger charge is -2.26. The van der Waals surface area contributed by atoms with Crippen molar-refractivity contribution < 1.29 is 19.4 Å². The average Bonchev–Trinajstić information content (AvgIpc) is 3.35. The second kappa shape index (κ2) is 9.66. The number of rotatable bonds is 6. The number of aromatic nitrogens is 1. The molecule has 6 nitrogen and oxygen atoms in total. The molecule has 0 spiro atoms. The van der Waals surface area contributed by atoms with Crippen molar-refractivity contribution in [3.63, 3.8) is 0 Å². The summed E-state index contributed by atoms with van der Waals surface area (Å²) in [5.41, 5.74) is 3.08. The van der Waals surface area contributed by atoms with Crippen LogP contribution in [0.15, 0.2) is 59.7 Å². The van der Waals surface area contributed by atoms with Gasteiger partial charge in [-0.3, -0.25) is 14.6 Å².